The van der Waals surface area contributed by atoms with Crippen molar-refractivity contribution in [2.45, 2.75) is 44.4 Å². The Balaban J connectivity index is 2.12. The average molecular weight is 483 g/mol. The number of benzene rings is 2. The molecule has 0 radical (unpaired) electrons. The second kappa shape index (κ2) is 12.1. The number of nitrogens with zero attached hydrogens (tertiary/aromatic N) is 2. The molecule has 2 aromatic rings. The van der Waals surface area contributed by atoms with E-state index >= 15 is 0 Å². The molecular weight excluding hydrogens is 448 g/mol. The van der Waals surface area contributed by atoms with Crippen molar-refractivity contribution in [3.8, 4) is 0 Å². The first-order valence-electron chi connectivity index (χ1n) is 10.7. The zero-order valence-corrected chi connectivity index (χ0v) is 21.1. The van der Waals surface area contributed by atoms with Gasteiger partial charge < -0.3 is 9.84 Å². The molecule has 32 heavy (non-hydrogen) atoms. The molecule has 0 unspecified atom stereocenters. The number of methoxy groups -OCH3 is 1. The molecule has 0 spiro atoms. The van der Waals surface area contributed by atoms with Gasteiger partial charge in [-0.2, -0.15) is 4.31 Å². The van der Waals surface area contributed by atoms with Crippen molar-refractivity contribution in [3.05, 3.63) is 64.7 Å². The highest BCUT2D eigenvalue weighted by Gasteiger charge is 2.28. The third-order valence-electron chi connectivity index (χ3n) is 5.84. The molecule has 0 aliphatic heterocycles. The van der Waals surface area contributed by atoms with Crippen LogP contribution in [0.15, 0.2) is 53.4 Å². The Hall–Kier alpha value is -1.48. The van der Waals surface area contributed by atoms with Gasteiger partial charge in [-0.1, -0.05) is 54.4 Å². The first-order chi connectivity index (χ1) is 15.1. The van der Waals surface area contributed by atoms with Gasteiger partial charge >= 0.3 is 0 Å². The quantitative estimate of drug-likeness (QED) is 0.498. The van der Waals surface area contributed by atoms with Gasteiger partial charge in [0.25, 0.3) is 0 Å². The van der Waals surface area contributed by atoms with Gasteiger partial charge in [0.2, 0.25) is 10.0 Å². The lowest BCUT2D eigenvalue weighted by Crippen LogP contribution is -2.44. The highest BCUT2D eigenvalue weighted by molar-refractivity contribution is 7.89. The van der Waals surface area contributed by atoms with E-state index in [9.17, 15) is 13.5 Å². The average Bonchev–Trinajstić information content (AvgIpc) is 2.77. The Morgan fingerprint density at radius 3 is 2.25 bits per heavy atom. The summed E-state index contributed by atoms with van der Waals surface area (Å²) in [6, 6.07) is 14.4. The number of aliphatic hydroxyl groups is 1. The van der Waals surface area contributed by atoms with Crippen molar-refractivity contribution in [2.24, 2.45) is 5.92 Å². The van der Waals surface area contributed by atoms with Crippen LogP contribution in [0.1, 0.15) is 25.0 Å². The number of sulfonamides is 1. The van der Waals surface area contributed by atoms with Crippen LogP contribution in [0.2, 0.25) is 5.02 Å². The summed E-state index contributed by atoms with van der Waals surface area (Å²) in [4.78, 5) is 2.41. The molecule has 0 aliphatic carbocycles. The Kier molecular flexibility index (Phi) is 10.1. The van der Waals surface area contributed by atoms with Crippen molar-refractivity contribution >= 4 is 21.6 Å². The molecule has 2 aromatic carbocycles. The van der Waals surface area contributed by atoms with Crippen LogP contribution in [-0.2, 0) is 21.3 Å². The smallest absolute Gasteiger partial charge is 0.242 e. The molecule has 0 aliphatic rings. The number of aryl methyl sites for hydroxylation is 1. The second-order valence-electron chi connectivity index (χ2n) is 8.40. The molecule has 8 heteroatoms. The van der Waals surface area contributed by atoms with Gasteiger partial charge in [-0.05, 0) is 43.5 Å². The standard InChI is InChI=1S/C24H35ClN2O4S/c1-18-10-12-22(13-11-18)32(29,30)26(4)16-24(31-5)19(2)14-27(20(3)17-28)15-21-8-6-7-9-23(21)25/h6-13,19-20,24,28H,14-17H2,1-5H3/t19-,20-,24+/m1/s1. The molecule has 0 aromatic heterocycles. The molecule has 0 saturated carbocycles. The topological polar surface area (TPSA) is 70.1 Å². The van der Waals surface area contributed by atoms with E-state index in [2.05, 4.69) is 4.90 Å². The summed E-state index contributed by atoms with van der Waals surface area (Å²) in [6.45, 7) is 7.34. The summed E-state index contributed by atoms with van der Waals surface area (Å²) in [5.74, 6) is 0.00663. The number of ether oxygens (including phenoxy) is 1. The summed E-state index contributed by atoms with van der Waals surface area (Å²) < 4.78 is 33.0. The fraction of sp³-hybridized carbons (Fsp3) is 0.500. The lowest BCUT2D eigenvalue weighted by molar-refractivity contribution is 0.0194. The normalized spacial score (nSPS) is 15.2. The SMILES string of the molecule is CO[C@@H](CN(C)S(=O)(=O)c1ccc(C)cc1)[C@H](C)CN(Cc1ccccc1Cl)[C@H](C)CO. The van der Waals surface area contributed by atoms with Gasteiger partial charge in [0.1, 0.15) is 0 Å². The van der Waals surface area contributed by atoms with Crippen LogP contribution in [0.25, 0.3) is 0 Å². The maximum absolute atomic E-state index is 13.0. The predicted molar refractivity (Wildman–Crippen MR) is 129 cm³/mol. The first-order valence-corrected chi connectivity index (χ1v) is 12.6. The fourth-order valence-corrected chi connectivity index (χ4v) is 4.96. The second-order valence-corrected chi connectivity index (χ2v) is 10.9. The van der Waals surface area contributed by atoms with E-state index in [1.807, 2.05) is 45.0 Å². The zero-order valence-electron chi connectivity index (χ0n) is 19.5. The van der Waals surface area contributed by atoms with Crippen LogP contribution in [0.3, 0.4) is 0 Å². The summed E-state index contributed by atoms with van der Waals surface area (Å²) in [6.07, 6.45) is -0.320. The zero-order chi connectivity index (χ0) is 23.9. The molecule has 3 atom stereocenters. The maximum atomic E-state index is 13.0. The monoisotopic (exact) mass is 482 g/mol. The summed E-state index contributed by atoms with van der Waals surface area (Å²) >= 11 is 6.34. The fourth-order valence-electron chi connectivity index (χ4n) is 3.58. The van der Waals surface area contributed by atoms with Crippen LogP contribution in [0.5, 0.6) is 0 Å². The third kappa shape index (κ3) is 7.01. The van der Waals surface area contributed by atoms with Gasteiger partial charge in [-0.3, -0.25) is 4.90 Å². The molecular formula is C24H35ClN2O4S. The Morgan fingerprint density at radius 1 is 1.06 bits per heavy atom. The number of halogens is 1. The Bertz CT molecular complexity index is 953. The Labute approximate surface area is 197 Å². The number of rotatable bonds is 12. The molecule has 6 nitrogen and oxygen atoms in total. The molecule has 0 bridgehead atoms. The van der Waals surface area contributed by atoms with Crippen LogP contribution >= 0.6 is 11.6 Å². The van der Waals surface area contributed by atoms with Crippen LogP contribution in [0, 0.1) is 12.8 Å². The number of likely N-dealkylation sites (N-methyl/N-ethyl adjacent to an activating group) is 1. The molecule has 0 saturated heterocycles. The van der Waals surface area contributed by atoms with E-state index in [0.29, 0.717) is 18.1 Å². The lowest BCUT2D eigenvalue weighted by atomic mass is 10.0. The van der Waals surface area contributed by atoms with Crippen molar-refractivity contribution in [1.29, 1.82) is 0 Å². The maximum Gasteiger partial charge on any atom is 0.242 e. The summed E-state index contributed by atoms with van der Waals surface area (Å²) in [5.41, 5.74) is 1.99. The van der Waals surface area contributed by atoms with E-state index in [1.54, 1.807) is 38.4 Å². The van der Waals surface area contributed by atoms with Crippen LogP contribution < -0.4 is 0 Å². The largest absolute Gasteiger partial charge is 0.395 e. The van der Waals surface area contributed by atoms with Gasteiger partial charge in [0, 0.05) is 44.9 Å². The molecule has 1 N–H and O–H groups in total. The van der Waals surface area contributed by atoms with E-state index in [4.69, 9.17) is 16.3 Å². The highest BCUT2D eigenvalue weighted by Crippen LogP contribution is 2.22. The Morgan fingerprint density at radius 2 is 1.69 bits per heavy atom. The molecule has 0 amide bonds. The van der Waals surface area contributed by atoms with E-state index < -0.39 is 10.0 Å². The minimum atomic E-state index is -3.62. The minimum absolute atomic E-state index is 0.00663. The minimum Gasteiger partial charge on any atom is -0.395 e. The van der Waals surface area contributed by atoms with Crippen molar-refractivity contribution in [2.75, 3.05) is 33.9 Å². The predicted octanol–water partition coefficient (Wildman–Crippen LogP) is 3.80. The first kappa shape index (κ1) is 26.8. The molecule has 178 valence electrons. The van der Waals surface area contributed by atoms with Gasteiger partial charge in [-0.15, -0.1) is 0 Å². The summed E-state index contributed by atoms with van der Waals surface area (Å²) in [5, 5.41) is 10.4. The van der Waals surface area contributed by atoms with Crippen molar-refractivity contribution < 1.29 is 18.3 Å². The number of hydrogen-bond donors (Lipinski definition) is 1. The highest BCUT2D eigenvalue weighted by atomic mass is 35.5. The van der Waals surface area contributed by atoms with Crippen molar-refractivity contribution in [3.63, 3.8) is 0 Å². The van der Waals surface area contributed by atoms with Crippen molar-refractivity contribution in [1.82, 2.24) is 9.21 Å². The van der Waals surface area contributed by atoms with E-state index in [1.165, 1.54) is 4.31 Å². The molecule has 0 heterocycles. The summed E-state index contributed by atoms with van der Waals surface area (Å²) in [7, 11) is -0.442. The lowest BCUT2D eigenvalue weighted by Gasteiger charge is -2.34. The van der Waals surface area contributed by atoms with E-state index in [-0.39, 0.29) is 36.1 Å². The molecule has 0 fully saturated rings. The van der Waals surface area contributed by atoms with Crippen LogP contribution in [-0.4, -0.2) is 68.7 Å². The number of hydrogen-bond acceptors (Lipinski definition) is 5. The van der Waals surface area contributed by atoms with Gasteiger partial charge in [0.15, 0.2) is 0 Å². The van der Waals surface area contributed by atoms with Crippen LogP contribution in [0.4, 0.5) is 0 Å². The third-order valence-corrected chi connectivity index (χ3v) is 8.05. The van der Waals surface area contributed by atoms with E-state index in [0.717, 1.165) is 11.1 Å². The molecule has 2 rings (SSSR count). The van der Waals surface area contributed by atoms with Gasteiger partial charge in [0.05, 0.1) is 17.6 Å². The van der Waals surface area contributed by atoms with Gasteiger partial charge in [-0.25, -0.2) is 8.42 Å². The number of aliphatic hydroxyl groups excluding tert-OH is 1.